The van der Waals surface area contributed by atoms with Crippen LogP contribution in [0, 0.1) is 13.8 Å². The van der Waals surface area contributed by atoms with Crippen molar-refractivity contribution in [3.63, 3.8) is 0 Å². The summed E-state index contributed by atoms with van der Waals surface area (Å²) in [6.07, 6.45) is 0. The van der Waals surface area contributed by atoms with Crippen LogP contribution in [0.5, 0.6) is 5.75 Å². The molecular formula is C24H22N2O5. The van der Waals surface area contributed by atoms with E-state index < -0.39 is 5.97 Å². The summed E-state index contributed by atoms with van der Waals surface area (Å²) in [5.74, 6) is -1.13. The number of amides is 2. The standard InChI is InChI=1S/C24H22N2O5/c1-15-6-11-21(16(2)12-15)31-14-22(27)25-20-5-3-4-18(13-20)23(28)26-19-9-7-17(8-10-19)24(29)30/h3-13H,14H2,1-2H3,(H,25,27)(H,26,28)(H,29,30). The Hall–Kier alpha value is -4.13. The molecule has 0 aliphatic heterocycles. The lowest BCUT2D eigenvalue weighted by Gasteiger charge is -2.11. The maximum atomic E-state index is 12.5. The topological polar surface area (TPSA) is 105 Å². The van der Waals surface area contributed by atoms with Crippen LogP contribution in [-0.4, -0.2) is 29.5 Å². The summed E-state index contributed by atoms with van der Waals surface area (Å²) in [5.41, 5.74) is 3.46. The largest absolute Gasteiger partial charge is 0.483 e. The second-order valence-electron chi connectivity index (χ2n) is 7.02. The zero-order valence-electron chi connectivity index (χ0n) is 17.1. The van der Waals surface area contributed by atoms with Crippen molar-refractivity contribution in [3.05, 3.63) is 89.0 Å². The third-order valence-electron chi connectivity index (χ3n) is 4.49. The van der Waals surface area contributed by atoms with E-state index in [-0.39, 0.29) is 24.0 Å². The average Bonchev–Trinajstić information content (AvgIpc) is 2.73. The van der Waals surface area contributed by atoms with Gasteiger partial charge in [0.1, 0.15) is 5.75 Å². The number of rotatable bonds is 7. The van der Waals surface area contributed by atoms with Gasteiger partial charge in [0, 0.05) is 16.9 Å². The van der Waals surface area contributed by atoms with Crippen LogP contribution in [0.2, 0.25) is 0 Å². The van der Waals surface area contributed by atoms with E-state index in [9.17, 15) is 14.4 Å². The van der Waals surface area contributed by atoms with Gasteiger partial charge in [0.25, 0.3) is 11.8 Å². The van der Waals surface area contributed by atoms with E-state index in [2.05, 4.69) is 10.6 Å². The quantitative estimate of drug-likeness (QED) is 0.531. The summed E-state index contributed by atoms with van der Waals surface area (Å²) in [7, 11) is 0. The number of aromatic carboxylic acids is 1. The fourth-order valence-electron chi connectivity index (χ4n) is 2.94. The number of benzene rings is 3. The first-order chi connectivity index (χ1) is 14.8. The molecule has 31 heavy (non-hydrogen) atoms. The van der Waals surface area contributed by atoms with Gasteiger partial charge in [0.15, 0.2) is 6.61 Å². The van der Waals surface area contributed by atoms with Crippen LogP contribution >= 0.6 is 0 Å². The molecule has 0 atom stereocenters. The molecule has 158 valence electrons. The molecule has 3 aromatic rings. The van der Waals surface area contributed by atoms with Gasteiger partial charge in [-0.25, -0.2) is 4.79 Å². The van der Waals surface area contributed by atoms with Crippen LogP contribution in [0.15, 0.2) is 66.7 Å². The molecular weight excluding hydrogens is 396 g/mol. The van der Waals surface area contributed by atoms with E-state index in [1.165, 1.54) is 24.3 Å². The third kappa shape index (κ3) is 5.93. The predicted molar refractivity (Wildman–Crippen MR) is 118 cm³/mol. The van der Waals surface area contributed by atoms with Crippen LogP contribution in [0.4, 0.5) is 11.4 Å². The monoisotopic (exact) mass is 418 g/mol. The zero-order chi connectivity index (χ0) is 22.4. The highest BCUT2D eigenvalue weighted by Gasteiger charge is 2.10. The number of carbonyl (C=O) groups is 3. The lowest BCUT2D eigenvalue weighted by atomic mass is 10.1. The van der Waals surface area contributed by atoms with Crippen LogP contribution < -0.4 is 15.4 Å². The SMILES string of the molecule is Cc1ccc(OCC(=O)Nc2cccc(C(=O)Nc3ccc(C(=O)O)cc3)c2)c(C)c1. The van der Waals surface area contributed by atoms with Gasteiger partial charge in [-0.1, -0.05) is 23.8 Å². The lowest BCUT2D eigenvalue weighted by molar-refractivity contribution is -0.118. The Labute approximate surface area is 179 Å². The Kier molecular flexibility index (Phi) is 6.67. The molecule has 0 bridgehead atoms. The Morgan fingerprint density at radius 3 is 2.26 bits per heavy atom. The average molecular weight is 418 g/mol. The van der Waals surface area contributed by atoms with Crippen molar-refractivity contribution in [2.75, 3.05) is 17.2 Å². The maximum Gasteiger partial charge on any atom is 0.335 e. The minimum atomic E-state index is -1.04. The minimum Gasteiger partial charge on any atom is -0.483 e. The molecule has 0 aromatic heterocycles. The summed E-state index contributed by atoms with van der Waals surface area (Å²) in [4.78, 5) is 35.6. The van der Waals surface area contributed by atoms with E-state index in [0.717, 1.165) is 11.1 Å². The van der Waals surface area contributed by atoms with Crippen LogP contribution in [0.3, 0.4) is 0 Å². The third-order valence-corrected chi connectivity index (χ3v) is 4.49. The van der Waals surface area contributed by atoms with Crippen molar-refractivity contribution in [3.8, 4) is 5.75 Å². The molecule has 0 unspecified atom stereocenters. The number of carboxylic acids is 1. The highest BCUT2D eigenvalue weighted by molar-refractivity contribution is 6.05. The molecule has 0 aliphatic carbocycles. The lowest BCUT2D eigenvalue weighted by Crippen LogP contribution is -2.21. The summed E-state index contributed by atoms with van der Waals surface area (Å²) < 4.78 is 5.58. The van der Waals surface area contributed by atoms with E-state index in [1.54, 1.807) is 24.3 Å². The smallest absolute Gasteiger partial charge is 0.335 e. The van der Waals surface area contributed by atoms with Crippen molar-refractivity contribution < 1.29 is 24.2 Å². The molecule has 7 nitrogen and oxygen atoms in total. The maximum absolute atomic E-state index is 12.5. The summed E-state index contributed by atoms with van der Waals surface area (Å²) in [6.45, 7) is 3.74. The Bertz CT molecular complexity index is 1120. The molecule has 0 saturated heterocycles. The summed E-state index contributed by atoms with van der Waals surface area (Å²) in [6, 6.07) is 18.0. The summed E-state index contributed by atoms with van der Waals surface area (Å²) in [5, 5.41) is 14.3. The molecule has 2 amide bonds. The van der Waals surface area contributed by atoms with E-state index in [1.807, 2.05) is 32.0 Å². The van der Waals surface area contributed by atoms with Gasteiger partial charge in [-0.05, 0) is 67.9 Å². The van der Waals surface area contributed by atoms with Gasteiger partial charge < -0.3 is 20.5 Å². The number of carbonyl (C=O) groups excluding carboxylic acids is 2. The molecule has 3 rings (SSSR count). The molecule has 7 heteroatoms. The number of ether oxygens (including phenoxy) is 1. The van der Waals surface area contributed by atoms with E-state index >= 15 is 0 Å². The van der Waals surface area contributed by atoms with E-state index in [0.29, 0.717) is 22.7 Å². The Morgan fingerprint density at radius 2 is 1.58 bits per heavy atom. The molecule has 3 N–H and O–H groups in total. The van der Waals surface area contributed by atoms with Crippen molar-refractivity contribution in [2.24, 2.45) is 0 Å². The van der Waals surface area contributed by atoms with Gasteiger partial charge in [-0.3, -0.25) is 9.59 Å². The number of anilines is 2. The predicted octanol–water partition coefficient (Wildman–Crippen LogP) is 4.27. The van der Waals surface area contributed by atoms with Gasteiger partial charge >= 0.3 is 5.97 Å². The molecule has 0 saturated carbocycles. The molecule has 0 radical (unpaired) electrons. The fourth-order valence-corrected chi connectivity index (χ4v) is 2.94. The molecule has 0 spiro atoms. The highest BCUT2D eigenvalue weighted by Crippen LogP contribution is 2.19. The van der Waals surface area contributed by atoms with Crippen LogP contribution in [-0.2, 0) is 4.79 Å². The van der Waals surface area contributed by atoms with Crippen molar-refractivity contribution in [1.29, 1.82) is 0 Å². The first kappa shape index (κ1) is 21.6. The van der Waals surface area contributed by atoms with Gasteiger partial charge in [-0.15, -0.1) is 0 Å². The second kappa shape index (κ2) is 9.58. The van der Waals surface area contributed by atoms with Crippen molar-refractivity contribution >= 4 is 29.2 Å². The Balaban J connectivity index is 1.59. The van der Waals surface area contributed by atoms with Gasteiger partial charge in [0.2, 0.25) is 0 Å². The van der Waals surface area contributed by atoms with Crippen molar-refractivity contribution in [2.45, 2.75) is 13.8 Å². The number of nitrogens with one attached hydrogen (secondary N) is 2. The highest BCUT2D eigenvalue weighted by atomic mass is 16.5. The second-order valence-corrected chi connectivity index (χ2v) is 7.02. The number of hydrogen-bond donors (Lipinski definition) is 3. The minimum absolute atomic E-state index is 0.130. The van der Waals surface area contributed by atoms with Crippen LogP contribution in [0.25, 0.3) is 0 Å². The molecule has 3 aromatic carbocycles. The summed E-state index contributed by atoms with van der Waals surface area (Å²) >= 11 is 0. The molecule has 0 aliphatic rings. The molecule has 0 fully saturated rings. The first-order valence-corrected chi connectivity index (χ1v) is 9.56. The number of aryl methyl sites for hydroxylation is 2. The number of carboxylic acid groups (broad SMARTS) is 1. The van der Waals surface area contributed by atoms with Gasteiger partial charge in [0.05, 0.1) is 5.56 Å². The van der Waals surface area contributed by atoms with E-state index in [4.69, 9.17) is 9.84 Å². The normalized spacial score (nSPS) is 10.3. The van der Waals surface area contributed by atoms with Gasteiger partial charge in [-0.2, -0.15) is 0 Å². The first-order valence-electron chi connectivity index (χ1n) is 9.56. The van der Waals surface area contributed by atoms with Crippen molar-refractivity contribution in [1.82, 2.24) is 0 Å². The molecule has 0 heterocycles. The Morgan fingerprint density at radius 1 is 0.839 bits per heavy atom. The zero-order valence-corrected chi connectivity index (χ0v) is 17.1. The van der Waals surface area contributed by atoms with Crippen LogP contribution in [0.1, 0.15) is 31.8 Å². The fraction of sp³-hybridized carbons (Fsp3) is 0.125. The number of hydrogen-bond acceptors (Lipinski definition) is 4.